The van der Waals surface area contributed by atoms with E-state index in [1.165, 1.54) is 0 Å². The van der Waals surface area contributed by atoms with Crippen LogP contribution >= 0.6 is 24.8 Å². The van der Waals surface area contributed by atoms with Crippen LogP contribution in [0.3, 0.4) is 0 Å². The van der Waals surface area contributed by atoms with Gasteiger partial charge in [0, 0.05) is 19.3 Å². The minimum Gasteiger partial charge on any atom is -0.366 e. The van der Waals surface area contributed by atoms with Crippen LogP contribution in [-0.4, -0.2) is 46.3 Å². The van der Waals surface area contributed by atoms with Gasteiger partial charge in [0.15, 0.2) is 5.65 Å². The Morgan fingerprint density at radius 1 is 1.40 bits per heavy atom. The average molecular weight is 320 g/mol. The first-order chi connectivity index (χ1) is 8.84. The molecule has 2 N–H and O–H groups in total. The number of pyridine rings is 1. The summed E-state index contributed by atoms with van der Waals surface area (Å²) in [6, 6.07) is 5.54. The summed E-state index contributed by atoms with van der Waals surface area (Å²) in [6.45, 7) is 1.83. The molecule has 1 amide bonds. The highest BCUT2D eigenvalue weighted by atomic mass is 35.5. The monoisotopic (exact) mass is 319 g/mol. The molecule has 0 radical (unpaired) electrons. The van der Waals surface area contributed by atoms with E-state index in [1.54, 1.807) is 10.6 Å². The predicted molar refractivity (Wildman–Crippen MR) is 78.7 cm³/mol. The van der Waals surface area contributed by atoms with E-state index in [-0.39, 0.29) is 30.7 Å². The van der Waals surface area contributed by atoms with Gasteiger partial charge < -0.3 is 10.1 Å². The molecular weight excluding hydrogens is 305 g/mol. The number of aromatic nitrogens is 3. The van der Waals surface area contributed by atoms with Gasteiger partial charge in [-0.3, -0.25) is 14.5 Å². The number of amides is 1. The van der Waals surface area contributed by atoms with E-state index in [2.05, 4.69) is 20.8 Å². The molecule has 2 aromatic rings. The van der Waals surface area contributed by atoms with Crippen LogP contribution in [0, 0.1) is 0 Å². The van der Waals surface area contributed by atoms with Crippen LogP contribution in [0.4, 0.5) is 5.95 Å². The van der Waals surface area contributed by atoms with Crippen molar-refractivity contribution in [3.8, 4) is 0 Å². The molecule has 1 fully saturated rings. The number of hydrogen-bond acceptors (Lipinski definition) is 5. The predicted octanol–water partition coefficient (Wildman–Crippen LogP) is 0.500. The molecule has 0 spiro atoms. The van der Waals surface area contributed by atoms with Gasteiger partial charge >= 0.3 is 0 Å². The van der Waals surface area contributed by atoms with E-state index in [0.717, 1.165) is 6.54 Å². The van der Waals surface area contributed by atoms with E-state index in [0.29, 0.717) is 24.7 Å². The Labute approximate surface area is 127 Å². The largest absolute Gasteiger partial charge is 0.366 e. The van der Waals surface area contributed by atoms with Gasteiger partial charge in [-0.15, -0.1) is 35.0 Å². The zero-order valence-electron chi connectivity index (χ0n) is 10.5. The molecule has 2 aromatic heterocycles. The lowest BCUT2D eigenvalue weighted by molar-refractivity contribution is -0.128. The third-order valence-corrected chi connectivity index (χ3v) is 2.77. The normalized spacial score (nSPS) is 17.9. The minimum absolute atomic E-state index is 0. The molecular formula is C11H15Cl2N5O2. The smallest absolute Gasteiger partial charge is 0.257 e. The molecule has 110 valence electrons. The van der Waals surface area contributed by atoms with Crippen LogP contribution in [-0.2, 0) is 9.53 Å². The van der Waals surface area contributed by atoms with Gasteiger partial charge in [-0.05, 0) is 12.1 Å². The number of carbonyl (C=O) groups excluding carboxylic acids is 1. The van der Waals surface area contributed by atoms with Gasteiger partial charge in [0.25, 0.3) is 5.91 Å². The number of morpholine rings is 1. The number of nitrogens with zero attached hydrogens (tertiary/aromatic N) is 3. The number of nitrogens with one attached hydrogen (secondary N) is 2. The maximum Gasteiger partial charge on any atom is 0.257 e. The summed E-state index contributed by atoms with van der Waals surface area (Å²) in [5, 5.41) is 13.7. The Morgan fingerprint density at radius 2 is 2.25 bits per heavy atom. The summed E-state index contributed by atoms with van der Waals surface area (Å²) in [4.78, 5) is 12.0. The van der Waals surface area contributed by atoms with Crippen molar-refractivity contribution < 1.29 is 9.53 Å². The molecule has 1 atom stereocenters. The lowest BCUT2D eigenvalue weighted by Gasteiger charge is -2.22. The molecule has 1 aliphatic rings. The van der Waals surface area contributed by atoms with Crippen molar-refractivity contribution in [1.82, 2.24) is 19.9 Å². The van der Waals surface area contributed by atoms with E-state index in [4.69, 9.17) is 4.74 Å². The van der Waals surface area contributed by atoms with E-state index < -0.39 is 6.10 Å². The highest BCUT2D eigenvalue weighted by Gasteiger charge is 2.23. The Hall–Kier alpha value is -1.41. The zero-order valence-corrected chi connectivity index (χ0v) is 12.1. The molecule has 7 nitrogen and oxygen atoms in total. The van der Waals surface area contributed by atoms with Crippen LogP contribution in [0.5, 0.6) is 0 Å². The third kappa shape index (κ3) is 3.37. The van der Waals surface area contributed by atoms with Crippen molar-refractivity contribution >= 4 is 42.3 Å². The minimum atomic E-state index is -0.477. The Kier molecular flexibility index (Phi) is 6.15. The van der Waals surface area contributed by atoms with Gasteiger partial charge in [-0.1, -0.05) is 6.07 Å². The second kappa shape index (κ2) is 7.39. The lowest BCUT2D eigenvalue weighted by Crippen LogP contribution is -2.45. The van der Waals surface area contributed by atoms with Crippen molar-refractivity contribution in [3.05, 3.63) is 24.4 Å². The van der Waals surface area contributed by atoms with Crippen LogP contribution < -0.4 is 10.6 Å². The first-order valence-electron chi connectivity index (χ1n) is 5.77. The Bertz CT molecular complexity index is 571. The van der Waals surface area contributed by atoms with Crippen LogP contribution in [0.2, 0.25) is 0 Å². The van der Waals surface area contributed by atoms with Crippen molar-refractivity contribution in [2.24, 2.45) is 0 Å². The van der Waals surface area contributed by atoms with Gasteiger partial charge in [-0.2, -0.15) is 0 Å². The van der Waals surface area contributed by atoms with Gasteiger partial charge in [0.05, 0.1) is 6.61 Å². The van der Waals surface area contributed by atoms with E-state index >= 15 is 0 Å². The second-order valence-corrected chi connectivity index (χ2v) is 4.01. The average Bonchev–Trinajstić information content (AvgIpc) is 2.83. The van der Waals surface area contributed by atoms with Crippen LogP contribution in [0.1, 0.15) is 0 Å². The van der Waals surface area contributed by atoms with Crippen molar-refractivity contribution in [1.29, 1.82) is 0 Å². The molecule has 20 heavy (non-hydrogen) atoms. The number of fused-ring (bicyclic) bond motifs is 1. The molecule has 0 saturated carbocycles. The molecule has 9 heteroatoms. The number of halogens is 2. The fourth-order valence-electron chi connectivity index (χ4n) is 1.85. The van der Waals surface area contributed by atoms with Gasteiger partial charge in [-0.25, -0.2) is 0 Å². The number of carbonyl (C=O) groups is 1. The maximum absolute atomic E-state index is 12.0. The first-order valence-corrected chi connectivity index (χ1v) is 5.77. The molecule has 1 saturated heterocycles. The molecule has 3 heterocycles. The Morgan fingerprint density at radius 3 is 3.00 bits per heavy atom. The van der Waals surface area contributed by atoms with E-state index in [9.17, 15) is 4.79 Å². The standard InChI is InChI=1S/C11H13N5O2.2ClH/c17-10(8-7-12-4-6-18-8)13-11-15-14-9-3-1-2-5-16(9)11;;/h1-3,5,8,12H,4,6-7H2,(H,13,15,17);2*1H. The molecule has 0 bridgehead atoms. The quantitative estimate of drug-likeness (QED) is 0.842. The zero-order chi connectivity index (χ0) is 12.4. The van der Waals surface area contributed by atoms with Gasteiger partial charge in [0.1, 0.15) is 6.10 Å². The topological polar surface area (TPSA) is 80.6 Å². The van der Waals surface area contributed by atoms with E-state index in [1.807, 2.05) is 18.2 Å². The highest BCUT2D eigenvalue weighted by molar-refractivity contribution is 5.93. The fourth-order valence-corrected chi connectivity index (χ4v) is 1.85. The summed E-state index contributed by atoms with van der Waals surface area (Å²) < 4.78 is 7.09. The molecule has 0 aromatic carbocycles. The number of ether oxygens (including phenoxy) is 1. The SMILES string of the molecule is Cl.Cl.O=C(Nc1nnc2ccccn12)C1CNCCO1. The maximum atomic E-state index is 12.0. The van der Waals surface area contributed by atoms with Crippen LogP contribution in [0.15, 0.2) is 24.4 Å². The molecule has 1 unspecified atom stereocenters. The molecule has 0 aliphatic carbocycles. The van der Waals surface area contributed by atoms with Gasteiger partial charge in [0.2, 0.25) is 5.95 Å². The third-order valence-electron chi connectivity index (χ3n) is 2.77. The summed E-state index contributed by atoms with van der Waals surface area (Å²) in [6.07, 6.45) is 1.32. The van der Waals surface area contributed by atoms with Crippen LogP contribution in [0.25, 0.3) is 5.65 Å². The van der Waals surface area contributed by atoms with Crippen molar-refractivity contribution in [3.63, 3.8) is 0 Å². The molecule has 1 aliphatic heterocycles. The number of rotatable bonds is 2. The molecule has 3 rings (SSSR count). The summed E-state index contributed by atoms with van der Waals surface area (Å²) >= 11 is 0. The summed E-state index contributed by atoms with van der Waals surface area (Å²) in [5.41, 5.74) is 0.690. The lowest BCUT2D eigenvalue weighted by atomic mass is 10.3. The summed E-state index contributed by atoms with van der Waals surface area (Å²) in [7, 11) is 0. The second-order valence-electron chi connectivity index (χ2n) is 4.01. The highest BCUT2D eigenvalue weighted by Crippen LogP contribution is 2.08. The number of anilines is 1. The first kappa shape index (κ1) is 16.6. The fraction of sp³-hybridized carbons (Fsp3) is 0.364. The number of hydrogen-bond donors (Lipinski definition) is 2. The Balaban J connectivity index is 0.000001000. The van der Waals surface area contributed by atoms with Crippen molar-refractivity contribution in [2.45, 2.75) is 6.10 Å². The summed E-state index contributed by atoms with van der Waals surface area (Å²) in [5.74, 6) is 0.199. The van der Waals surface area contributed by atoms with Crippen molar-refractivity contribution in [2.75, 3.05) is 25.0 Å².